The van der Waals surface area contributed by atoms with Crippen LogP contribution >= 0.6 is 24.0 Å². The van der Waals surface area contributed by atoms with Crippen molar-refractivity contribution >= 4 is 29.9 Å². The monoisotopic (exact) mass is 389 g/mol. The molecule has 1 rings (SSSR count). The zero-order valence-corrected chi connectivity index (χ0v) is 15.4. The van der Waals surface area contributed by atoms with E-state index in [0.717, 1.165) is 25.5 Å². The molecular weight excluding hydrogens is 361 g/mol. The summed E-state index contributed by atoms with van der Waals surface area (Å²) in [5.41, 5.74) is 1.67. The highest BCUT2D eigenvalue weighted by molar-refractivity contribution is 14.0. The minimum atomic E-state index is 0. The molecule has 114 valence electrons. The number of hydrogen-bond acceptors (Lipinski definition) is 1. The van der Waals surface area contributed by atoms with E-state index < -0.39 is 0 Å². The lowest BCUT2D eigenvalue weighted by atomic mass is 9.91. The van der Waals surface area contributed by atoms with E-state index in [9.17, 15) is 0 Å². The lowest BCUT2D eigenvalue weighted by molar-refractivity contribution is 0.365. The minimum absolute atomic E-state index is 0. The maximum Gasteiger partial charge on any atom is 0.191 e. The number of hydrogen-bond donors (Lipinski definition) is 2. The molecule has 0 aromatic heterocycles. The summed E-state index contributed by atoms with van der Waals surface area (Å²) in [6.45, 7) is 8.59. The molecule has 0 amide bonds. The summed E-state index contributed by atoms with van der Waals surface area (Å²) in [7, 11) is 1.81. The van der Waals surface area contributed by atoms with Crippen LogP contribution < -0.4 is 10.6 Å². The number of nitrogens with one attached hydrogen (secondary N) is 2. The Hall–Kier alpha value is -0.780. The summed E-state index contributed by atoms with van der Waals surface area (Å²) in [6, 6.07) is 10.4. The molecule has 0 spiro atoms. The molecule has 0 saturated carbocycles. The molecular formula is C16H28IN3. The normalized spacial score (nSPS) is 11.7. The van der Waals surface area contributed by atoms with Gasteiger partial charge in [-0.05, 0) is 23.8 Å². The third-order valence-electron chi connectivity index (χ3n) is 2.92. The van der Waals surface area contributed by atoms with E-state index in [1.54, 1.807) is 0 Å². The van der Waals surface area contributed by atoms with Crippen LogP contribution in [-0.2, 0) is 6.54 Å². The van der Waals surface area contributed by atoms with Gasteiger partial charge in [0, 0.05) is 20.1 Å². The number of benzene rings is 1. The van der Waals surface area contributed by atoms with Gasteiger partial charge in [0.15, 0.2) is 5.96 Å². The summed E-state index contributed by atoms with van der Waals surface area (Å²) in [5.74, 6) is 0.873. The number of guanidine groups is 1. The molecule has 4 heteroatoms. The van der Waals surface area contributed by atoms with Crippen LogP contribution in [0, 0.1) is 5.41 Å². The van der Waals surface area contributed by atoms with Crippen LogP contribution in [0.5, 0.6) is 0 Å². The quantitative estimate of drug-likeness (QED) is 0.348. The maximum atomic E-state index is 4.23. The number of aliphatic imine (C=N–C) groups is 1. The molecule has 0 aliphatic carbocycles. The fraction of sp³-hybridized carbons (Fsp3) is 0.562. The molecule has 0 aliphatic rings. The van der Waals surface area contributed by atoms with E-state index in [0.29, 0.717) is 5.41 Å². The van der Waals surface area contributed by atoms with Gasteiger partial charge < -0.3 is 10.6 Å². The zero-order valence-electron chi connectivity index (χ0n) is 13.1. The molecule has 2 N–H and O–H groups in total. The van der Waals surface area contributed by atoms with Gasteiger partial charge in [-0.25, -0.2) is 0 Å². The Morgan fingerprint density at radius 2 is 1.75 bits per heavy atom. The number of nitrogens with zero attached hydrogens (tertiary/aromatic N) is 1. The second-order valence-electron chi connectivity index (χ2n) is 6.00. The van der Waals surface area contributed by atoms with Gasteiger partial charge in [0.25, 0.3) is 0 Å². The Morgan fingerprint density at radius 1 is 1.10 bits per heavy atom. The largest absolute Gasteiger partial charge is 0.356 e. The van der Waals surface area contributed by atoms with Crippen molar-refractivity contribution in [1.29, 1.82) is 0 Å². The molecule has 0 radical (unpaired) electrons. The van der Waals surface area contributed by atoms with Crippen LogP contribution in [0.2, 0.25) is 0 Å². The standard InChI is InChI=1S/C16H27N3.HI/c1-16(2,3)11-8-12-18-15(17-4)19-13-14-9-6-5-7-10-14;/h5-7,9-10H,8,11-13H2,1-4H3,(H2,17,18,19);1H. The van der Waals surface area contributed by atoms with Gasteiger partial charge >= 0.3 is 0 Å². The lowest BCUT2D eigenvalue weighted by Crippen LogP contribution is -2.37. The highest BCUT2D eigenvalue weighted by Crippen LogP contribution is 2.19. The van der Waals surface area contributed by atoms with Gasteiger partial charge in [-0.2, -0.15) is 0 Å². The van der Waals surface area contributed by atoms with Gasteiger partial charge in [-0.3, -0.25) is 4.99 Å². The van der Waals surface area contributed by atoms with E-state index >= 15 is 0 Å². The van der Waals surface area contributed by atoms with Gasteiger partial charge in [0.1, 0.15) is 0 Å². The topological polar surface area (TPSA) is 36.4 Å². The Kier molecular flexibility index (Phi) is 9.63. The predicted octanol–water partition coefficient (Wildman–Crippen LogP) is 3.80. The average molecular weight is 389 g/mol. The maximum absolute atomic E-state index is 4.23. The molecule has 0 fully saturated rings. The Bertz CT molecular complexity index is 382. The molecule has 1 aromatic carbocycles. The van der Waals surface area contributed by atoms with Crippen molar-refractivity contribution in [2.45, 2.75) is 40.2 Å². The summed E-state index contributed by atoms with van der Waals surface area (Å²) >= 11 is 0. The molecule has 0 aliphatic heterocycles. The highest BCUT2D eigenvalue weighted by atomic mass is 127. The Morgan fingerprint density at radius 3 is 2.30 bits per heavy atom. The van der Waals surface area contributed by atoms with Crippen LogP contribution in [0.4, 0.5) is 0 Å². The van der Waals surface area contributed by atoms with Gasteiger partial charge in [0.05, 0.1) is 0 Å². The molecule has 0 heterocycles. The first-order valence-electron chi connectivity index (χ1n) is 7.00. The summed E-state index contributed by atoms with van der Waals surface area (Å²) in [6.07, 6.45) is 2.38. The Labute approximate surface area is 140 Å². The molecule has 0 bridgehead atoms. The van der Waals surface area contributed by atoms with E-state index in [1.165, 1.54) is 12.0 Å². The average Bonchev–Trinajstić information content (AvgIpc) is 2.38. The van der Waals surface area contributed by atoms with Crippen molar-refractivity contribution in [1.82, 2.24) is 10.6 Å². The van der Waals surface area contributed by atoms with Crippen molar-refractivity contribution < 1.29 is 0 Å². The molecule has 0 saturated heterocycles. The number of halogens is 1. The van der Waals surface area contributed by atoms with Crippen LogP contribution in [0.25, 0.3) is 0 Å². The molecule has 1 aromatic rings. The van der Waals surface area contributed by atoms with Crippen LogP contribution in [0.3, 0.4) is 0 Å². The lowest BCUT2D eigenvalue weighted by Gasteiger charge is -2.18. The fourth-order valence-corrected chi connectivity index (χ4v) is 1.83. The summed E-state index contributed by atoms with van der Waals surface area (Å²) < 4.78 is 0. The Balaban J connectivity index is 0.00000361. The first-order valence-corrected chi connectivity index (χ1v) is 7.00. The van der Waals surface area contributed by atoms with Crippen molar-refractivity contribution in [3.05, 3.63) is 35.9 Å². The first-order chi connectivity index (χ1) is 9.01. The molecule has 0 atom stereocenters. The van der Waals surface area contributed by atoms with Crippen LogP contribution in [0.1, 0.15) is 39.2 Å². The van der Waals surface area contributed by atoms with Crippen molar-refractivity contribution in [3.8, 4) is 0 Å². The second-order valence-corrected chi connectivity index (χ2v) is 6.00. The summed E-state index contributed by atoms with van der Waals surface area (Å²) in [4.78, 5) is 4.23. The van der Waals surface area contributed by atoms with Crippen molar-refractivity contribution in [3.63, 3.8) is 0 Å². The number of rotatable bonds is 5. The second kappa shape index (κ2) is 10.0. The predicted molar refractivity (Wildman–Crippen MR) is 98.7 cm³/mol. The van der Waals surface area contributed by atoms with Gasteiger partial charge in [0.2, 0.25) is 0 Å². The third-order valence-corrected chi connectivity index (χ3v) is 2.92. The van der Waals surface area contributed by atoms with E-state index in [1.807, 2.05) is 13.1 Å². The first kappa shape index (κ1) is 19.2. The van der Waals surface area contributed by atoms with E-state index in [2.05, 4.69) is 60.7 Å². The molecule has 20 heavy (non-hydrogen) atoms. The molecule has 3 nitrogen and oxygen atoms in total. The van der Waals surface area contributed by atoms with Gasteiger partial charge in [-0.15, -0.1) is 24.0 Å². The molecule has 0 unspecified atom stereocenters. The summed E-state index contributed by atoms with van der Waals surface area (Å²) in [5, 5.41) is 6.67. The third kappa shape index (κ3) is 9.18. The van der Waals surface area contributed by atoms with Crippen LogP contribution in [-0.4, -0.2) is 19.6 Å². The van der Waals surface area contributed by atoms with Crippen molar-refractivity contribution in [2.24, 2.45) is 10.4 Å². The highest BCUT2D eigenvalue weighted by Gasteiger charge is 2.09. The van der Waals surface area contributed by atoms with Crippen molar-refractivity contribution in [2.75, 3.05) is 13.6 Å². The van der Waals surface area contributed by atoms with E-state index in [4.69, 9.17) is 0 Å². The smallest absolute Gasteiger partial charge is 0.191 e. The van der Waals surface area contributed by atoms with Crippen LogP contribution in [0.15, 0.2) is 35.3 Å². The van der Waals surface area contributed by atoms with Gasteiger partial charge in [-0.1, -0.05) is 51.1 Å². The van der Waals surface area contributed by atoms with E-state index in [-0.39, 0.29) is 24.0 Å². The minimum Gasteiger partial charge on any atom is -0.356 e. The fourth-order valence-electron chi connectivity index (χ4n) is 1.83. The zero-order chi connectivity index (χ0) is 14.1. The SMILES string of the molecule is CN=C(NCCCC(C)(C)C)NCc1ccccc1.I.